The third kappa shape index (κ3) is 4.09. The number of carbonyl (C=O) groups excluding carboxylic acids is 1. The molecule has 1 saturated heterocycles. The molecule has 0 spiro atoms. The third-order valence-electron chi connectivity index (χ3n) is 4.29. The summed E-state index contributed by atoms with van der Waals surface area (Å²) in [4.78, 5) is 28.3. The number of thioether (sulfide) groups is 1. The van der Waals surface area contributed by atoms with E-state index < -0.39 is 5.97 Å². The lowest BCUT2D eigenvalue weighted by Crippen LogP contribution is -2.51. The number of carbonyl (C=O) groups is 2. The monoisotopic (exact) mass is 350 g/mol. The summed E-state index contributed by atoms with van der Waals surface area (Å²) in [6.07, 6.45) is 0.640. The molecular formula is C17H22N2O4S. The van der Waals surface area contributed by atoms with Gasteiger partial charge >= 0.3 is 5.97 Å². The molecule has 3 rings (SSSR count). The highest BCUT2D eigenvalue weighted by molar-refractivity contribution is 8.01. The van der Waals surface area contributed by atoms with Crippen molar-refractivity contribution in [2.45, 2.75) is 22.7 Å². The van der Waals surface area contributed by atoms with Crippen molar-refractivity contribution < 1.29 is 19.4 Å². The molecule has 2 heterocycles. The van der Waals surface area contributed by atoms with E-state index in [-0.39, 0.29) is 23.8 Å². The van der Waals surface area contributed by atoms with E-state index >= 15 is 0 Å². The Labute approximate surface area is 145 Å². The van der Waals surface area contributed by atoms with Gasteiger partial charge in [-0.05, 0) is 25.1 Å². The van der Waals surface area contributed by atoms with Gasteiger partial charge in [-0.15, -0.1) is 11.8 Å². The molecule has 2 aliphatic rings. The molecule has 2 aliphatic heterocycles. The number of amides is 1. The fourth-order valence-corrected chi connectivity index (χ4v) is 4.48. The first-order valence-electron chi connectivity index (χ1n) is 8.08. The molecule has 2 atom stereocenters. The van der Waals surface area contributed by atoms with Crippen LogP contribution < -0.4 is 0 Å². The van der Waals surface area contributed by atoms with E-state index in [0.717, 1.165) is 6.42 Å². The Morgan fingerprint density at radius 2 is 2.21 bits per heavy atom. The highest BCUT2D eigenvalue weighted by Crippen LogP contribution is 2.37. The van der Waals surface area contributed by atoms with Gasteiger partial charge in [0.05, 0.1) is 24.5 Å². The Morgan fingerprint density at radius 1 is 1.42 bits per heavy atom. The van der Waals surface area contributed by atoms with Crippen molar-refractivity contribution in [1.29, 1.82) is 0 Å². The van der Waals surface area contributed by atoms with Crippen LogP contribution in [0.25, 0.3) is 0 Å². The highest BCUT2D eigenvalue weighted by atomic mass is 32.2. The van der Waals surface area contributed by atoms with Crippen molar-refractivity contribution in [3.63, 3.8) is 0 Å². The Hall–Kier alpha value is -1.57. The fourth-order valence-electron chi connectivity index (χ4n) is 3.20. The number of rotatable bonds is 5. The van der Waals surface area contributed by atoms with Crippen LogP contribution in [0.1, 0.15) is 5.56 Å². The number of morpholine rings is 1. The maximum Gasteiger partial charge on any atom is 0.317 e. The summed E-state index contributed by atoms with van der Waals surface area (Å²) in [5.41, 5.74) is 1.24. The van der Waals surface area contributed by atoms with Crippen molar-refractivity contribution >= 4 is 23.6 Å². The summed E-state index contributed by atoms with van der Waals surface area (Å²) in [5, 5.41) is 8.78. The van der Waals surface area contributed by atoms with Gasteiger partial charge in [-0.25, -0.2) is 0 Å². The summed E-state index contributed by atoms with van der Waals surface area (Å²) in [7, 11) is 1.75. The maximum absolute atomic E-state index is 12.8. The molecule has 7 heteroatoms. The molecule has 1 aromatic rings. The molecular weight excluding hydrogens is 328 g/mol. The fraction of sp³-hybridized carbons (Fsp3) is 0.529. The molecule has 0 saturated carbocycles. The zero-order chi connectivity index (χ0) is 17.1. The zero-order valence-electron chi connectivity index (χ0n) is 13.7. The first kappa shape index (κ1) is 17.3. The van der Waals surface area contributed by atoms with Gasteiger partial charge in [-0.2, -0.15) is 0 Å². The number of hydrogen-bond acceptors (Lipinski definition) is 5. The second kappa shape index (κ2) is 7.55. The van der Waals surface area contributed by atoms with Gasteiger partial charge in [-0.1, -0.05) is 18.2 Å². The van der Waals surface area contributed by atoms with Gasteiger partial charge in [-0.3, -0.25) is 14.5 Å². The van der Waals surface area contributed by atoms with Crippen LogP contribution >= 0.6 is 11.8 Å². The minimum absolute atomic E-state index is 0.0262. The van der Waals surface area contributed by atoms with Gasteiger partial charge in [0.25, 0.3) is 0 Å². The molecule has 24 heavy (non-hydrogen) atoms. The Balaban J connectivity index is 1.55. The molecule has 1 fully saturated rings. The Kier molecular flexibility index (Phi) is 5.43. The normalized spacial score (nSPS) is 23.3. The highest BCUT2D eigenvalue weighted by Gasteiger charge is 2.34. The number of ether oxygens (including phenoxy) is 1. The zero-order valence-corrected chi connectivity index (χ0v) is 14.5. The lowest BCUT2D eigenvalue weighted by atomic mass is 10.1. The second-order valence-corrected chi connectivity index (χ2v) is 7.53. The topological polar surface area (TPSA) is 70.1 Å². The summed E-state index contributed by atoms with van der Waals surface area (Å²) in [5.74, 6) is -0.702. The summed E-state index contributed by atoms with van der Waals surface area (Å²) < 4.78 is 5.70. The second-order valence-electron chi connectivity index (χ2n) is 6.29. The first-order chi connectivity index (χ1) is 11.5. The number of likely N-dealkylation sites (N-methyl/N-ethyl adjacent to an activating group) is 1. The number of nitrogens with zero attached hydrogens (tertiary/aromatic N) is 2. The molecule has 1 aromatic carbocycles. The molecule has 0 bridgehead atoms. The maximum atomic E-state index is 12.8. The number of hydrogen-bond donors (Lipinski definition) is 1. The van der Waals surface area contributed by atoms with Crippen LogP contribution in [-0.4, -0.2) is 78.0 Å². The van der Waals surface area contributed by atoms with Gasteiger partial charge < -0.3 is 14.7 Å². The first-order valence-corrected chi connectivity index (χ1v) is 8.96. The number of carboxylic acids is 1. The summed E-state index contributed by atoms with van der Waals surface area (Å²) >= 11 is 1.64. The van der Waals surface area contributed by atoms with Crippen molar-refractivity contribution in [1.82, 2.24) is 9.80 Å². The smallest absolute Gasteiger partial charge is 0.317 e. The largest absolute Gasteiger partial charge is 0.480 e. The van der Waals surface area contributed by atoms with E-state index in [1.165, 1.54) is 10.5 Å². The lowest BCUT2D eigenvalue weighted by Gasteiger charge is -2.35. The number of benzene rings is 1. The number of fused-ring (bicyclic) bond motifs is 1. The van der Waals surface area contributed by atoms with Gasteiger partial charge in [0.1, 0.15) is 0 Å². The van der Waals surface area contributed by atoms with Gasteiger partial charge in [0.15, 0.2) is 0 Å². The van der Waals surface area contributed by atoms with Crippen LogP contribution in [0.4, 0.5) is 0 Å². The standard InChI is InChI=1S/C17H22N2O4S/c1-18(11-16(20)21)9-13-10-19(6-7-23-13)17(22)15-8-12-4-2-3-5-14(12)24-15/h2-5,13,15H,6-11H2,1H3,(H,20,21). The van der Waals surface area contributed by atoms with E-state index in [0.29, 0.717) is 26.2 Å². The predicted molar refractivity (Wildman–Crippen MR) is 91.2 cm³/mol. The van der Waals surface area contributed by atoms with E-state index in [1.54, 1.807) is 23.7 Å². The van der Waals surface area contributed by atoms with E-state index in [4.69, 9.17) is 9.84 Å². The van der Waals surface area contributed by atoms with Crippen LogP contribution in [0, 0.1) is 0 Å². The Bertz CT molecular complexity index is 599. The average molecular weight is 350 g/mol. The van der Waals surface area contributed by atoms with Crippen molar-refractivity contribution in [3.8, 4) is 0 Å². The lowest BCUT2D eigenvalue weighted by molar-refractivity contribution is -0.142. The predicted octanol–water partition coefficient (Wildman–Crippen LogP) is 0.947. The molecule has 1 amide bonds. The Morgan fingerprint density at radius 3 is 2.96 bits per heavy atom. The van der Waals surface area contributed by atoms with E-state index in [9.17, 15) is 9.59 Å². The van der Waals surface area contributed by atoms with Crippen LogP contribution in [0.2, 0.25) is 0 Å². The molecule has 0 radical (unpaired) electrons. The van der Waals surface area contributed by atoms with Crippen LogP contribution in [0.5, 0.6) is 0 Å². The van der Waals surface area contributed by atoms with Crippen molar-refractivity contribution in [2.75, 3.05) is 39.8 Å². The molecule has 130 valence electrons. The minimum Gasteiger partial charge on any atom is -0.480 e. The number of carboxylic acid groups (broad SMARTS) is 1. The quantitative estimate of drug-likeness (QED) is 0.853. The van der Waals surface area contributed by atoms with E-state index in [1.807, 2.05) is 17.0 Å². The van der Waals surface area contributed by atoms with Gasteiger partial charge in [0, 0.05) is 24.5 Å². The van der Waals surface area contributed by atoms with E-state index in [2.05, 4.69) is 12.1 Å². The van der Waals surface area contributed by atoms with Crippen molar-refractivity contribution in [2.24, 2.45) is 0 Å². The average Bonchev–Trinajstić information content (AvgIpc) is 2.97. The number of aliphatic carboxylic acids is 1. The SMILES string of the molecule is CN(CC(=O)O)CC1CN(C(=O)C2Cc3ccccc3S2)CCO1. The molecule has 0 aromatic heterocycles. The third-order valence-corrected chi connectivity index (χ3v) is 5.60. The van der Waals surface area contributed by atoms with Crippen LogP contribution in [0.3, 0.4) is 0 Å². The summed E-state index contributed by atoms with van der Waals surface area (Å²) in [6, 6.07) is 8.16. The van der Waals surface area contributed by atoms with Crippen LogP contribution in [0.15, 0.2) is 29.2 Å². The minimum atomic E-state index is -0.860. The summed E-state index contributed by atoms with van der Waals surface area (Å²) in [6.45, 7) is 2.11. The molecule has 1 N–H and O–H groups in total. The van der Waals surface area contributed by atoms with Crippen molar-refractivity contribution in [3.05, 3.63) is 29.8 Å². The molecule has 2 unspecified atom stereocenters. The van der Waals surface area contributed by atoms with Crippen LogP contribution in [-0.2, 0) is 20.7 Å². The molecule has 0 aliphatic carbocycles. The molecule has 6 nitrogen and oxygen atoms in total. The van der Waals surface area contributed by atoms with Gasteiger partial charge in [0.2, 0.25) is 5.91 Å².